The second kappa shape index (κ2) is 7.78. The van der Waals surface area contributed by atoms with Crippen molar-refractivity contribution in [2.75, 3.05) is 0 Å². The van der Waals surface area contributed by atoms with E-state index in [1.807, 2.05) is 60.7 Å². The van der Waals surface area contributed by atoms with E-state index in [9.17, 15) is 9.59 Å². The standard InChI is InChI=1S/C23H25NO3/c1-23(2,3)27-22(26)24-20-14-13-17-11-7-8-12-18(17)19(21(20)25)15-16-9-5-4-6-10-16/h4-12,15,20H,13-14H2,1-3H3,(H,24,26)/b19-15+. The summed E-state index contributed by atoms with van der Waals surface area (Å²) in [5, 5.41) is 2.76. The highest BCUT2D eigenvalue weighted by molar-refractivity contribution is 6.28. The van der Waals surface area contributed by atoms with Gasteiger partial charge in [-0.3, -0.25) is 4.79 Å². The smallest absolute Gasteiger partial charge is 0.408 e. The highest BCUT2D eigenvalue weighted by Crippen LogP contribution is 2.29. The van der Waals surface area contributed by atoms with Crippen molar-refractivity contribution in [1.82, 2.24) is 5.32 Å². The number of aryl methyl sites for hydroxylation is 1. The Balaban J connectivity index is 1.94. The molecular weight excluding hydrogens is 338 g/mol. The molecule has 2 aromatic carbocycles. The first-order valence-electron chi connectivity index (χ1n) is 9.22. The van der Waals surface area contributed by atoms with Gasteiger partial charge in [0.15, 0.2) is 5.78 Å². The van der Waals surface area contributed by atoms with Gasteiger partial charge in [0, 0.05) is 5.57 Å². The summed E-state index contributed by atoms with van der Waals surface area (Å²) in [7, 11) is 0. The maximum absolute atomic E-state index is 13.3. The first-order valence-corrected chi connectivity index (χ1v) is 9.22. The average molecular weight is 363 g/mol. The lowest BCUT2D eigenvalue weighted by molar-refractivity contribution is -0.115. The van der Waals surface area contributed by atoms with Crippen molar-refractivity contribution in [1.29, 1.82) is 0 Å². The van der Waals surface area contributed by atoms with Crippen molar-refractivity contribution in [3.05, 3.63) is 71.3 Å². The van der Waals surface area contributed by atoms with E-state index in [4.69, 9.17) is 4.74 Å². The van der Waals surface area contributed by atoms with E-state index in [1.54, 1.807) is 20.8 Å². The molecule has 0 radical (unpaired) electrons. The molecule has 3 rings (SSSR count). The number of ether oxygens (including phenoxy) is 1. The molecule has 0 saturated carbocycles. The van der Waals surface area contributed by atoms with Gasteiger partial charge in [-0.2, -0.15) is 0 Å². The second-order valence-corrected chi connectivity index (χ2v) is 7.73. The van der Waals surface area contributed by atoms with Crippen LogP contribution in [0.5, 0.6) is 0 Å². The molecule has 0 fully saturated rings. The van der Waals surface area contributed by atoms with Crippen molar-refractivity contribution in [2.45, 2.75) is 45.3 Å². The summed E-state index contributed by atoms with van der Waals surface area (Å²) in [6.07, 6.45) is 2.59. The number of fused-ring (bicyclic) bond motifs is 1. The zero-order valence-corrected chi connectivity index (χ0v) is 16.0. The molecule has 1 N–H and O–H groups in total. The predicted octanol–water partition coefficient (Wildman–Crippen LogP) is 4.64. The lowest BCUT2D eigenvalue weighted by Gasteiger charge is -2.22. The lowest BCUT2D eigenvalue weighted by atomic mass is 9.95. The van der Waals surface area contributed by atoms with Gasteiger partial charge in [0.1, 0.15) is 5.60 Å². The third-order valence-corrected chi connectivity index (χ3v) is 4.39. The normalized spacial score (nSPS) is 18.6. The molecule has 140 valence electrons. The summed E-state index contributed by atoms with van der Waals surface area (Å²) in [4.78, 5) is 25.5. The molecule has 0 saturated heterocycles. The Bertz CT molecular complexity index is 863. The van der Waals surface area contributed by atoms with Crippen LogP contribution in [-0.4, -0.2) is 23.5 Å². The fourth-order valence-electron chi connectivity index (χ4n) is 3.20. The van der Waals surface area contributed by atoms with E-state index in [2.05, 4.69) is 5.32 Å². The molecule has 1 aliphatic rings. The zero-order valence-electron chi connectivity index (χ0n) is 16.0. The Morgan fingerprint density at radius 1 is 1.07 bits per heavy atom. The van der Waals surface area contributed by atoms with Crippen LogP contribution in [0.1, 0.15) is 43.9 Å². The summed E-state index contributed by atoms with van der Waals surface area (Å²) < 4.78 is 5.34. The van der Waals surface area contributed by atoms with Crippen LogP contribution in [0, 0.1) is 0 Å². The number of Topliss-reactive ketones (excluding diaryl/α,β-unsaturated/α-hetero) is 1. The number of benzene rings is 2. The highest BCUT2D eigenvalue weighted by atomic mass is 16.6. The number of ketones is 1. The maximum atomic E-state index is 13.3. The number of alkyl carbamates (subject to hydrolysis) is 1. The number of nitrogens with one attached hydrogen (secondary N) is 1. The monoisotopic (exact) mass is 363 g/mol. The largest absolute Gasteiger partial charge is 0.444 e. The van der Waals surface area contributed by atoms with Gasteiger partial charge in [0.2, 0.25) is 0 Å². The Kier molecular flexibility index (Phi) is 5.45. The number of rotatable bonds is 2. The summed E-state index contributed by atoms with van der Waals surface area (Å²) in [5.41, 5.74) is 3.01. The Hall–Kier alpha value is -2.88. The number of carbonyl (C=O) groups excluding carboxylic acids is 2. The van der Waals surface area contributed by atoms with Crippen LogP contribution in [-0.2, 0) is 16.0 Å². The number of hydrogen-bond donors (Lipinski definition) is 1. The molecule has 1 atom stereocenters. The van der Waals surface area contributed by atoms with Crippen LogP contribution in [0.25, 0.3) is 11.6 Å². The number of carbonyl (C=O) groups is 2. The minimum Gasteiger partial charge on any atom is -0.444 e. The first kappa shape index (κ1) is 18.9. The molecule has 0 heterocycles. The van der Waals surface area contributed by atoms with Gasteiger partial charge in [-0.25, -0.2) is 4.79 Å². The molecule has 1 aliphatic carbocycles. The summed E-state index contributed by atoms with van der Waals surface area (Å²) >= 11 is 0. The molecule has 0 spiro atoms. The molecule has 27 heavy (non-hydrogen) atoms. The van der Waals surface area contributed by atoms with E-state index < -0.39 is 17.7 Å². The molecule has 2 aromatic rings. The van der Waals surface area contributed by atoms with Gasteiger partial charge < -0.3 is 10.1 Å². The van der Waals surface area contributed by atoms with Crippen molar-refractivity contribution in [2.24, 2.45) is 0 Å². The maximum Gasteiger partial charge on any atom is 0.408 e. The molecule has 1 unspecified atom stereocenters. The SMILES string of the molecule is CC(C)(C)OC(=O)NC1CCc2ccccc2/C(=C\c2ccccc2)C1=O. The Morgan fingerprint density at radius 3 is 2.44 bits per heavy atom. The molecule has 4 heteroatoms. The van der Waals surface area contributed by atoms with Gasteiger partial charge >= 0.3 is 6.09 Å². The van der Waals surface area contributed by atoms with E-state index in [-0.39, 0.29) is 5.78 Å². The fourth-order valence-corrected chi connectivity index (χ4v) is 3.20. The first-order chi connectivity index (χ1) is 12.8. The van der Waals surface area contributed by atoms with Gasteiger partial charge in [-0.05, 0) is 56.4 Å². The summed E-state index contributed by atoms with van der Waals surface area (Å²) in [6, 6.07) is 17.1. The van der Waals surface area contributed by atoms with E-state index >= 15 is 0 Å². The second-order valence-electron chi connectivity index (χ2n) is 7.73. The van der Waals surface area contributed by atoms with Crippen LogP contribution in [0.3, 0.4) is 0 Å². The minimum atomic E-state index is -0.609. The third kappa shape index (κ3) is 4.85. The topological polar surface area (TPSA) is 55.4 Å². The highest BCUT2D eigenvalue weighted by Gasteiger charge is 2.30. The van der Waals surface area contributed by atoms with Crippen LogP contribution >= 0.6 is 0 Å². The zero-order chi connectivity index (χ0) is 19.4. The third-order valence-electron chi connectivity index (χ3n) is 4.39. The minimum absolute atomic E-state index is 0.0883. The van der Waals surface area contributed by atoms with Crippen molar-refractivity contribution < 1.29 is 14.3 Å². The average Bonchev–Trinajstić information content (AvgIpc) is 2.73. The molecule has 4 nitrogen and oxygen atoms in total. The quantitative estimate of drug-likeness (QED) is 0.625. The number of hydrogen-bond acceptors (Lipinski definition) is 3. The van der Waals surface area contributed by atoms with E-state index in [0.717, 1.165) is 16.7 Å². The van der Waals surface area contributed by atoms with Crippen LogP contribution < -0.4 is 5.32 Å². The fraction of sp³-hybridized carbons (Fsp3) is 0.304. The van der Waals surface area contributed by atoms with Crippen LogP contribution in [0.2, 0.25) is 0 Å². The van der Waals surface area contributed by atoms with Gasteiger partial charge in [0.05, 0.1) is 6.04 Å². The number of amides is 1. The Labute approximate surface area is 160 Å². The van der Waals surface area contributed by atoms with E-state index in [0.29, 0.717) is 18.4 Å². The summed E-state index contributed by atoms with van der Waals surface area (Å²) in [5.74, 6) is -0.0883. The van der Waals surface area contributed by atoms with Crippen molar-refractivity contribution >= 4 is 23.5 Å². The molecule has 0 bridgehead atoms. The van der Waals surface area contributed by atoms with Crippen LogP contribution in [0.4, 0.5) is 4.79 Å². The van der Waals surface area contributed by atoms with Gasteiger partial charge in [-0.15, -0.1) is 0 Å². The lowest BCUT2D eigenvalue weighted by Crippen LogP contribution is -2.43. The van der Waals surface area contributed by atoms with Crippen LogP contribution in [0.15, 0.2) is 54.6 Å². The molecular formula is C23H25NO3. The molecule has 1 amide bonds. The van der Waals surface area contributed by atoms with E-state index in [1.165, 1.54) is 0 Å². The molecule has 0 aromatic heterocycles. The Morgan fingerprint density at radius 2 is 1.74 bits per heavy atom. The molecule has 0 aliphatic heterocycles. The van der Waals surface area contributed by atoms with Crippen molar-refractivity contribution in [3.63, 3.8) is 0 Å². The summed E-state index contributed by atoms with van der Waals surface area (Å²) in [6.45, 7) is 5.41. The van der Waals surface area contributed by atoms with Gasteiger partial charge in [0.25, 0.3) is 0 Å². The van der Waals surface area contributed by atoms with Crippen molar-refractivity contribution in [3.8, 4) is 0 Å². The van der Waals surface area contributed by atoms with Gasteiger partial charge in [-0.1, -0.05) is 54.6 Å². The predicted molar refractivity (Wildman–Crippen MR) is 107 cm³/mol.